The fourth-order valence-corrected chi connectivity index (χ4v) is 1.52. The van der Waals surface area contributed by atoms with E-state index in [-0.39, 0.29) is 0 Å². The molecule has 2 aromatic rings. The van der Waals surface area contributed by atoms with E-state index in [0.29, 0.717) is 0 Å². The minimum absolute atomic E-state index is 0.950. The van der Waals surface area contributed by atoms with Gasteiger partial charge in [-0.15, -0.1) is 0 Å². The summed E-state index contributed by atoms with van der Waals surface area (Å²) < 4.78 is 2.06. The summed E-state index contributed by atoms with van der Waals surface area (Å²) in [5.41, 5.74) is 3.01. The zero-order valence-electron chi connectivity index (χ0n) is 8.20. The normalized spacial score (nSPS) is 11.0. The largest absolute Gasteiger partial charge is 0.316 e. The molecule has 3 heteroatoms. The second-order valence-electron chi connectivity index (χ2n) is 3.24. The van der Waals surface area contributed by atoms with Crippen molar-refractivity contribution in [3.8, 4) is 0 Å². The summed E-state index contributed by atoms with van der Waals surface area (Å²) in [7, 11) is 2.01. The van der Waals surface area contributed by atoms with Gasteiger partial charge in [-0.3, -0.25) is 0 Å². The van der Waals surface area contributed by atoms with E-state index in [1.165, 1.54) is 0 Å². The lowest BCUT2D eigenvalue weighted by Crippen LogP contribution is -1.96. The highest BCUT2D eigenvalue weighted by atomic mass is 15.1. The molecule has 2 heterocycles. The third-order valence-corrected chi connectivity index (χ3v) is 2.26. The Bertz CT molecular complexity index is 443. The molecule has 0 fully saturated rings. The lowest BCUT2D eigenvalue weighted by atomic mass is 10.3. The zero-order chi connectivity index (χ0) is 9.42. The van der Waals surface area contributed by atoms with E-state index in [1.807, 2.05) is 26.1 Å². The molecule has 0 unspecified atom stereocenters. The fourth-order valence-electron chi connectivity index (χ4n) is 1.52. The van der Waals surface area contributed by atoms with E-state index >= 15 is 0 Å². The van der Waals surface area contributed by atoms with Crippen LogP contribution in [0.1, 0.15) is 18.4 Å². The smallest absolute Gasteiger partial charge is 0.159 e. The molecule has 2 rings (SSSR count). The van der Waals surface area contributed by atoms with Crippen molar-refractivity contribution in [3.05, 3.63) is 23.7 Å². The van der Waals surface area contributed by atoms with Crippen LogP contribution in [-0.2, 0) is 13.5 Å². The van der Waals surface area contributed by atoms with Crippen LogP contribution in [-0.4, -0.2) is 14.5 Å². The van der Waals surface area contributed by atoms with E-state index < -0.39 is 0 Å². The van der Waals surface area contributed by atoms with Crippen molar-refractivity contribution in [2.75, 3.05) is 0 Å². The molecule has 3 nitrogen and oxygen atoms in total. The van der Waals surface area contributed by atoms with Crippen molar-refractivity contribution < 1.29 is 0 Å². The number of hydrogen-bond donors (Lipinski definition) is 0. The Morgan fingerprint density at radius 2 is 2.08 bits per heavy atom. The number of pyridine rings is 1. The third kappa shape index (κ3) is 1.20. The molecular weight excluding hydrogens is 162 g/mol. The SMILES string of the molecule is CCc1nc2ccc(C)nc2n1C. The molecule has 0 N–H and O–H groups in total. The van der Waals surface area contributed by atoms with Crippen molar-refractivity contribution in [1.82, 2.24) is 14.5 Å². The Labute approximate surface area is 77.4 Å². The molecule has 0 saturated carbocycles. The van der Waals surface area contributed by atoms with Gasteiger partial charge in [0.15, 0.2) is 5.65 Å². The van der Waals surface area contributed by atoms with E-state index in [2.05, 4.69) is 21.5 Å². The minimum atomic E-state index is 0.950. The monoisotopic (exact) mass is 175 g/mol. The van der Waals surface area contributed by atoms with Gasteiger partial charge in [0.05, 0.1) is 0 Å². The van der Waals surface area contributed by atoms with Gasteiger partial charge in [0.1, 0.15) is 11.3 Å². The number of fused-ring (bicyclic) bond motifs is 1. The molecule has 0 amide bonds. The zero-order valence-corrected chi connectivity index (χ0v) is 8.20. The molecule has 0 spiro atoms. The van der Waals surface area contributed by atoms with Crippen molar-refractivity contribution >= 4 is 11.2 Å². The van der Waals surface area contributed by atoms with Crippen LogP contribution in [0.4, 0.5) is 0 Å². The summed E-state index contributed by atoms with van der Waals surface area (Å²) in [6, 6.07) is 4.02. The standard InChI is InChI=1S/C10H13N3/c1-4-9-12-8-6-5-7(2)11-10(8)13(9)3/h5-6H,4H2,1-3H3. The Balaban J connectivity index is 2.77. The first kappa shape index (κ1) is 8.23. The van der Waals surface area contributed by atoms with Gasteiger partial charge in [0.25, 0.3) is 0 Å². The van der Waals surface area contributed by atoms with Gasteiger partial charge in [-0.2, -0.15) is 0 Å². The van der Waals surface area contributed by atoms with Gasteiger partial charge in [0.2, 0.25) is 0 Å². The number of nitrogens with zero attached hydrogens (tertiary/aromatic N) is 3. The third-order valence-electron chi connectivity index (χ3n) is 2.26. The summed E-state index contributed by atoms with van der Waals surface area (Å²) in [5, 5.41) is 0. The molecule has 0 saturated heterocycles. The van der Waals surface area contributed by atoms with Crippen LogP contribution >= 0.6 is 0 Å². The average molecular weight is 175 g/mol. The lowest BCUT2D eigenvalue weighted by Gasteiger charge is -1.97. The maximum absolute atomic E-state index is 4.47. The average Bonchev–Trinajstić information content (AvgIpc) is 2.44. The van der Waals surface area contributed by atoms with Crippen LogP contribution in [0.5, 0.6) is 0 Å². The number of rotatable bonds is 1. The quantitative estimate of drug-likeness (QED) is 0.662. The van der Waals surface area contributed by atoms with Gasteiger partial charge in [-0.1, -0.05) is 6.92 Å². The number of imidazole rings is 1. The summed E-state index contributed by atoms with van der Waals surface area (Å²) in [5.74, 6) is 1.09. The molecule has 0 atom stereocenters. The number of hydrogen-bond acceptors (Lipinski definition) is 2. The molecule has 13 heavy (non-hydrogen) atoms. The van der Waals surface area contributed by atoms with Crippen molar-refractivity contribution in [3.63, 3.8) is 0 Å². The molecule has 0 aliphatic carbocycles. The summed E-state index contributed by atoms with van der Waals surface area (Å²) in [6.45, 7) is 4.10. The topological polar surface area (TPSA) is 30.7 Å². The highest BCUT2D eigenvalue weighted by Crippen LogP contribution is 2.13. The molecule has 68 valence electrons. The molecule has 0 aliphatic heterocycles. The molecule has 0 bridgehead atoms. The molecule has 0 aromatic carbocycles. The van der Waals surface area contributed by atoms with Crippen LogP contribution in [0.15, 0.2) is 12.1 Å². The highest BCUT2D eigenvalue weighted by molar-refractivity contribution is 5.71. The van der Waals surface area contributed by atoms with E-state index in [1.54, 1.807) is 0 Å². The second kappa shape index (κ2) is 2.83. The van der Waals surface area contributed by atoms with Gasteiger partial charge in [-0.25, -0.2) is 9.97 Å². The van der Waals surface area contributed by atoms with Crippen LogP contribution < -0.4 is 0 Å². The van der Waals surface area contributed by atoms with E-state index in [4.69, 9.17) is 0 Å². The summed E-state index contributed by atoms with van der Waals surface area (Å²) >= 11 is 0. The van der Waals surface area contributed by atoms with Crippen molar-refractivity contribution in [2.24, 2.45) is 7.05 Å². The molecular formula is C10H13N3. The number of aryl methyl sites for hydroxylation is 3. The fraction of sp³-hybridized carbons (Fsp3) is 0.400. The second-order valence-corrected chi connectivity index (χ2v) is 3.24. The first-order valence-electron chi connectivity index (χ1n) is 4.51. The summed E-state index contributed by atoms with van der Waals surface area (Å²) in [4.78, 5) is 8.92. The Hall–Kier alpha value is -1.38. The van der Waals surface area contributed by atoms with E-state index in [0.717, 1.165) is 29.1 Å². The van der Waals surface area contributed by atoms with Gasteiger partial charge >= 0.3 is 0 Å². The highest BCUT2D eigenvalue weighted by Gasteiger charge is 2.06. The molecule has 0 aliphatic rings. The molecule has 2 aromatic heterocycles. The van der Waals surface area contributed by atoms with Gasteiger partial charge < -0.3 is 4.57 Å². The van der Waals surface area contributed by atoms with Crippen molar-refractivity contribution in [2.45, 2.75) is 20.3 Å². The first-order valence-corrected chi connectivity index (χ1v) is 4.51. The minimum Gasteiger partial charge on any atom is -0.316 e. The van der Waals surface area contributed by atoms with Crippen LogP contribution in [0, 0.1) is 6.92 Å². The predicted molar refractivity (Wildman–Crippen MR) is 52.6 cm³/mol. The van der Waals surface area contributed by atoms with Crippen LogP contribution in [0.3, 0.4) is 0 Å². The summed E-state index contributed by atoms with van der Waals surface area (Å²) in [6.07, 6.45) is 0.950. The Morgan fingerprint density at radius 3 is 2.77 bits per heavy atom. The number of aromatic nitrogens is 3. The maximum Gasteiger partial charge on any atom is 0.159 e. The lowest BCUT2D eigenvalue weighted by molar-refractivity contribution is 0.820. The van der Waals surface area contributed by atoms with Crippen LogP contribution in [0.25, 0.3) is 11.2 Å². The van der Waals surface area contributed by atoms with Crippen molar-refractivity contribution in [1.29, 1.82) is 0 Å². The van der Waals surface area contributed by atoms with E-state index in [9.17, 15) is 0 Å². The maximum atomic E-state index is 4.47. The Kier molecular flexibility index (Phi) is 1.79. The first-order chi connectivity index (χ1) is 6.22. The van der Waals surface area contributed by atoms with Crippen LogP contribution in [0.2, 0.25) is 0 Å². The predicted octanol–water partition coefficient (Wildman–Crippen LogP) is 1.84. The molecule has 0 radical (unpaired) electrons. The Morgan fingerprint density at radius 1 is 1.31 bits per heavy atom. The van der Waals surface area contributed by atoms with Gasteiger partial charge in [0, 0.05) is 19.2 Å². The van der Waals surface area contributed by atoms with Gasteiger partial charge in [-0.05, 0) is 19.1 Å².